The molecule has 0 N–H and O–H groups in total. The SMILES string of the molecule is CCc1ccccc1C=C1CCCCC1N1CCC1.c1cc2ccc1-2. The number of nitrogens with zero attached hydrogens (tertiary/aromatic N) is 1. The molecule has 25 heavy (non-hydrogen) atoms. The molecule has 2 fully saturated rings. The van der Waals surface area contributed by atoms with Crippen LogP contribution in [-0.2, 0) is 6.42 Å². The third kappa shape index (κ3) is 3.57. The summed E-state index contributed by atoms with van der Waals surface area (Å²) >= 11 is 0. The Hall–Kier alpha value is -1.86. The minimum absolute atomic E-state index is 0.743. The lowest BCUT2D eigenvalue weighted by Crippen LogP contribution is -2.46. The smallest absolute Gasteiger partial charge is 0.0310 e. The predicted molar refractivity (Wildman–Crippen MR) is 108 cm³/mol. The van der Waals surface area contributed by atoms with Gasteiger partial charge in [0, 0.05) is 6.04 Å². The number of rotatable bonds is 3. The molecular formula is C24H29N. The lowest BCUT2D eigenvalue weighted by Gasteiger charge is -2.42. The number of likely N-dealkylation sites (tertiary alicyclic amines) is 1. The van der Waals surface area contributed by atoms with E-state index in [4.69, 9.17) is 0 Å². The molecule has 1 aromatic rings. The molecule has 1 nitrogen and oxygen atoms in total. The van der Waals surface area contributed by atoms with Gasteiger partial charge < -0.3 is 0 Å². The summed E-state index contributed by atoms with van der Waals surface area (Å²) in [4.78, 5) is 2.68. The van der Waals surface area contributed by atoms with Crippen molar-refractivity contribution < 1.29 is 0 Å². The van der Waals surface area contributed by atoms with Gasteiger partial charge in [-0.2, -0.15) is 0 Å². The second kappa shape index (κ2) is 7.58. The van der Waals surface area contributed by atoms with E-state index in [1.165, 1.54) is 67.4 Å². The van der Waals surface area contributed by atoms with Gasteiger partial charge in [-0.15, -0.1) is 0 Å². The number of benzene rings is 2. The van der Waals surface area contributed by atoms with Crippen LogP contribution >= 0.6 is 0 Å². The maximum Gasteiger partial charge on any atom is 0.0310 e. The first-order chi connectivity index (χ1) is 12.3. The third-order valence-electron chi connectivity index (χ3n) is 5.95. The molecule has 1 saturated heterocycles. The molecule has 0 radical (unpaired) electrons. The zero-order valence-corrected chi connectivity index (χ0v) is 15.4. The third-order valence-corrected chi connectivity index (χ3v) is 5.95. The average molecular weight is 332 g/mol. The first-order valence-electron chi connectivity index (χ1n) is 9.98. The minimum atomic E-state index is 0.743. The van der Waals surface area contributed by atoms with E-state index in [2.05, 4.69) is 66.4 Å². The van der Waals surface area contributed by atoms with Crippen LogP contribution in [0.15, 0.2) is 54.1 Å². The van der Waals surface area contributed by atoms with Gasteiger partial charge in [-0.25, -0.2) is 0 Å². The Morgan fingerprint density at radius 3 is 2.20 bits per heavy atom. The fourth-order valence-corrected chi connectivity index (χ4v) is 4.12. The van der Waals surface area contributed by atoms with E-state index in [9.17, 15) is 0 Å². The maximum atomic E-state index is 2.68. The van der Waals surface area contributed by atoms with Crippen molar-refractivity contribution in [2.75, 3.05) is 13.1 Å². The van der Waals surface area contributed by atoms with Crippen molar-refractivity contribution in [1.29, 1.82) is 0 Å². The fraction of sp³-hybridized carbons (Fsp3) is 0.417. The van der Waals surface area contributed by atoms with Gasteiger partial charge in [0.1, 0.15) is 0 Å². The molecule has 4 aliphatic rings. The Bertz CT molecular complexity index is 716. The van der Waals surface area contributed by atoms with Crippen molar-refractivity contribution in [1.82, 2.24) is 4.90 Å². The van der Waals surface area contributed by atoms with Gasteiger partial charge in [0.15, 0.2) is 0 Å². The lowest BCUT2D eigenvalue weighted by atomic mass is 9.85. The highest BCUT2D eigenvalue weighted by Crippen LogP contribution is 2.32. The van der Waals surface area contributed by atoms with Crippen molar-refractivity contribution in [3.05, 3.63) is 65.2 Å². The van der Waals surface area contributed by atoms with Crippen LogP contribution in [0.5, 0.6) is 0 Å². The standard InChI is InChI=1S/C18H25N.C6H4/c1-2-15-8-3-4-9-16(15)14-17-10-5-6-11-18(17)19-12-7-13-19;1-2-6-4-3-5(1)6/h3-4,8-9,14,18H,2,5-7,10-13H2,1H3;1-4H. The van der Waals surface area contributed by atoms with E-state index in [0.29, 0.717) is 0 Å². The molecule has 1 heterocycles. The maximum absolute atomic E-state index is 2.68. The van der Waals surface area contributed by atoms with Gasteiger partial charge in [-0.1, -0.05) is 73.5 Å². The highest BCUT2D eigenvalue weighted by Gasteiger charge is 2.28. The van der Waals surface area contributed by atoms with E-state index in [1.807, 2.05) is 0 Å². The molecule has 0 aromatic heterocycles. The molecule has 0 bridgehead atoms. The van der Waals surface area contributed by atoms with Crippen molar-refractivity contribution >= 4 is 6.08 Å². The summed E-state index contributed by atoms with van der Waals surface area (Å²) in [5, 5.41) is 0. The van der Waals surface area contributed by atoms with Crippen LogP contribution in [0.2, 0.25) is 0 Å². The van der Waals surface area contributed by atoms with Gasteiger partial charge in [-0.05, 0) is 67.4 Å². The minimum Gasteiger partial charge on any atom is -0.297 e. The Morgan fingerprint density at radius 1 is 0.920 bits per heavy atom. The summed E-state index contributed by atoms with van der Waals surface area (Å²) in [6.07, 6.45) is 10.5. The van der Waals surface area contributed by atoms with Crippen LogP contribution < -0.4 is 0 Å². The lowest BCUT2D eigenvalue weighted by molar-refractivity contribution is 0.121. The molecule has 5 rings (SSSR count). The summed E-state index contributed by atoms with van der Waals surface area (Å²) in [5.74, 6) is 0. The van der Waals surface area contributed by atoms with Gasteiger partial charge in [0.25, 0.3) is 0 Å². The molecule has 130 valence electrons. The van der Waals surface area contributed by atoms with E-state index in [-0.39, 0.29) is 0 Å². The van der Waals surface area contributed by atoms with Crippen LogP contribution in [-0.4, -0.2) is 24.0 Å². The van der Waals surface area contributed by atoms with Crippen molar-refractivity contribution in [2.45, 2.75) is 51.5 Å². The predicted octanol–water partition coefficient (Wildman–Crippen LogP) is 5.95. The molecule has 1 atom stereocenters. The van der Waals surface area contributed by atoms with Crippen molar-refractivity contribution in [3.8, 4) is 11.1 Å². The molecular weight excluding hydrogens is 302 g/mol. The van der Waals surface area contributed by atoms with Crippen LogP contribution in [0.4, 0.5) is 0 Å². The van der Waals surface area contributed by atoms with Crippen LogP contribution in [0, 0.1) is 0 Å². The summed E-state index contributed by atoms with van der Waals surface area (Å²) in [7, 11) is 0. The van der Waals surface area contributed by atoms with Crippen molar-refractivity contribution in [2.24, 2.45) is 0 Å². The monoisotopic (exact) mass is 331 g/mol. The number of aryl methyl sites for hydroxylation is 1. The molecule has 0 spiro atoms. The summed E-state index contributed by atoms with van der Waals surface area (Å²) in [6, 6.07) is 18.1. The zero-order chi connectivity index (χ0) is 17.1. The Labute approximate surface area is 152 Å². The van der Waals surface area contributed by atoms with Crippen molar-refractivity contribution in [3.63, 3.8) is 0 Å². The molecule has 0 amide bonds. The highest BCUT2D eigenvalue weighted by molar-refractivity contribution is 5.75. The summed E-state index contributed by atoms with van der Waals surface area (Å²) < 4.78 is 0. The first kappa shape index (κ1) is 16.6. The molecule has 1 aromatic carbocycles. The Kier molecular flexibility index (Phi) is 5.03. The molecule has 1 heteroatoms. The van der Waals surface area contributed by atoms with Gasteiger partial charge in [0.2, 0.25) is 0 Å². The van der Waals surface area contributed by atoms with E-state index >= 15 is 0 Å². The largest absolute Gasteiger partial charge is 0.297 e. The van der Waals surface area contributed by atoms with Crippen LogP contribution in [0.1, 0.15) is 50.2 Å². The summed E-state index contributed by atoms with van der Waals surface area (Å²) in [6.45, 7) is 4.89. The average Bonchev–Trinajstić information content (AvgIpc) is 2.59. The second-order valence-electron chi connectivity index (χ2n) is 7.50. The normalized spacial score (nSPS) is 22.8. The highest BCUT2D eigenvalue weighted by atomic mass is 15.2. The van der Waals surface area contributed by atoms with Gasteiger partial charge in [-0.3, -0.25) is 4.90 Å². The van der Waals surface area contributed by atoms with E-state index in [1.54, 1.807) is 5.57 Å². The first-order valence-corrected chi connectivity index (χ1v) is 9.98. The van der Waals surface area contributed by atoms with E-state index < -0.39 is 0 Å². The summed E-state index contributed by atoms with van der Waals surface area (Å²) in [5.41, 5.74) is 7.48. The number of fused-ring (bicyclic) bond motifs is 1. The van der Waals surface area contributed by atoms with Crippen LogP contribution in [0.25, 0.3) is 17.2 Å². The zero-order valence-electron chi connectivity index (χ0n) is 15.4. The van der Waals surface area contributed by atoms with Gasteiger partial charge in [0.05, 0.1) is 0 Å². The second-order valence-corrected chi connectivity index (χ2v) is 7.50. The van der Waals surface area contributed by atoms with E-state index in [0.717, 1.165) is 12.5 Å². The Balaban J connectivity index is 0.000000217. The molecule has 3 aliphatic carbocycles. The number of hydrogen-bond donors (Lipinski definition) is 0. The molecule has 1 aliphatic heterocycles. The number of hydrogen-bond acceptors (Lipinski definition) is 1. The fourth-order valence-electron chi connectivity index (χ4n) is 4.12. The van der Waals surface area contributed by atoms with Crippen LogP contribution in [0.3, 0.4) is 0 Å². The topological polar surface area (TPSA) is 3.24 Å². The quantitative estimate of drug-likeness (QED) is 0.573. The van der Waals surface area contributed by atoms with Gasteiger partial charge >= 0.3 is 0 Å². The molecule has 1 unspecified atom stereocenters. The Morgan fingerprint density at radius 2 is 1.64 bits per heavy atom. The molecule has 1 saturated carbocycles.